The molecule has 0 aromatic heterocycles. The molecule has 0 spiro atoms. The van der Waals surface area contributed by atoms with E-state index in [9.17, 15) is 4.79 Å². The molecular weight excluding hydrogens is 354 g/mol. The van der Waals surface area contributed by atoms with Crippen LogP contribution < -0.4 is 16.0 Å². The van der Waals surface area contributed by atoms with Crippen molar-refractivity contribution in [2.24, 2.45) is 4.99 Å². The number of nitrogens with one attached hydrogen (secondary N) is 3. The van der Waals surface area contributed by atoms with Gasteiger partial charge in [-0.25, -0.2) is 9.79 Å². The van der Waals surface area contributed by atoms with E-state index in [1.165, 1.54) is 39.5 Å². The molecule has 0 bridgehead atoms. The summed E-state index contributed by atoms with van der Waals surface area (Å²) in [6.45, 7) is 11.2. The maximum atomic E-state index is 11.2. The van der Waals surface area contributed by atoms with Crippen molar-refractivity contribution in [3.63, 3.8) is 0 Å². The van der Waals surface area contributed by atoms with Crippen molar-refractivity contribution in [3.05, 3.63) is 29.8 Å². The number of anilines is 1. The fourth-order valence-electron chi connectivity index (χ4n) is 3.29. The van der Waals surface area contributed by atoms with Gasteiger partial charge in [-0.1, -0.05) is 18.6 Å². The van der Waals surface area contributed by atoms with Crippen LogP contribution in [0.1, 0.15) is 45.6 Å². The molecule has 1 saturated heterocycles. The molecule has 0 radical (unpaired) electrons. The van der Waals surface area contributed by atoms with Gasteiger partial charge in [-0.05, 0) is 64.4 Å². The molecule has 1 aliphatic rings. The Hall–Kier alpha value is -2.28. The Morgan fingerprint density at radius 2 is 1.82 bits per heavy atom. The molecule has 3 N–H and O–H groups in total. The Bertz CT molecular complexity index is 637. The molecule has 2 rings (SSSR count). The third-order valence-electron chi connectivity index (χ3n) is 5.05. The largest absolute Gasteiger partial charge is 0.453 e. The third kappa shape index (κ3) is 7.03. The first-order chi connectivity index (χ1) is 13.4. The van der Waals surface area contributed by atoms with Crippen LogP contribution in [-0.2, 0) is 11.3 Å². The second-order valence-corrected chi connectivity index (χ2v) is 7.72. The first-order valence-electron chi connectivity index (χ1n) is 10.2. The van der Waals surface area contributed by atoms with Gasteiger partial charge < -0.3 is 15.4 Å². The monoisotopic (exact) mass is 389 g/mol. The quantitative estimate of drug-likeness (QED) is 0.493. The molecule has 1 amide bonds. The zero-order valence-corrected chi connectivity index (χ0v) is 17.7. The topological polar surface area (TPSA) is 78.0 Å². The Morgan fingerprint density at radius 1 is 1.14 bits per heavy atom. The van der Waals surface area contributed by atoms with Gasteiger partial charge in [0.25, 0.3) is 0 Å². The molecule has 1 heterocycles. The van der Waals surface area contributed by atoms with E-state index in [0.717, 1.165) is 24.6 Å². The van der Waals surface area contributed by atoms with E-state index in [2.05, 4.69) is 46.4 Å². The number of methoxy groups -OCH3 is 1. The fourth-order valence-corrected chi connectivity index (χ4v) is 3.29. The highest BCUT2D eigenvalue weighted by Gasteiger charge is 2.27. The van der Waals surface area contributed by atoms with Gasteiger partial charge in [0.2, 0.25) is 0 Å². The van der Waals surface area contributed by atoms with Crippen molar-refractivity contribution in [1.82, 2.24) is 15.5 Å². The first kappa shape index (κ1) is 22.0. The fraction of sp³-hybridized carbons (Fsp3) is 0.619. The summed E-state index contributed by atoms with van der Waals surface area (Å²) in [5.74, 6) is 0.823. The molecule has 0 unspecified atom stereocenters. The number of hydrogen-bond acceptors (Lipinski definition) is 4. The van der Waals surface area contributed by atoms with E-state index >= 15 is 0 Å². The number of carbonyl (C=O) groups excluding carboxylic acids is 1. The molecule has 0 atom stereocenters. The lowest BCUT2D eigenvalue weighted by molar-refractivity contribution is 0.0982. The van der Waals surface area contributed by atoms with E-state index in [0.29, 0.717) is 12.2 Å². The van der Waals surface area contributed by atoms with Crippen molar-refractivity contribution in [3.8, 4) is 0 Å². The first-order valence-corrected chi connectivity index (χ1v) is 10.2. The van der Waals surface area contributed by atoms with Gasteiger partial charge in [0.1, 0.15) is 0 Å². The van der Waals surface area contributed by atoms with Crippen LogP contribution in [0.15, 0.2) is 29.3 Å². The van der Waals surface area contributed by atoms with E-state index in [1.807, 2.05) is 24.3 Å². The molecule has 1 aromatic rings. The van der Waals surface area contributed by atoms with Crippen LogP contribution in [0.2, 0.25) is 0 Å². The van der Waals surface area contributed by atoms with Crippen molar-refractivity contribution in [1.29, 1.82) is 0 Å². The number of benzene rings is 1. The molecule has 1 aromatic carbocycles. The summed E-state index contributed by atoms with van der Waals surface area (Å²) >= 11 is 0. The molecule has 7 heteroatoms. The third-order valence-corrected chi connectivity index (χ3v) is 5.05. The van der Waals surface area contributed by atoms with Gasteiger partial charge in [0.15, 0.2) is 5.96 Å². The van der Waals surface area contributed by atoms with E-state index in [-0.39, 0.29) is 5.54 Å². The minimum Gasteiger partial charge on any atom is -0.453 e. The maximum absolute atomic E-state index is 11.2. The maximum Gasteiger partial charge on any atom is 0.411 e. The molecule has 7 nitrogen and oxygen atoms in total. The number of guanidine groups is 1. The smallest absolute Gasteiger partial charge is 0.411 e. The molecule has 0 aliphatic carbocycles. The zero-order chi connectivity index (χ0) is 20.4. The Balaban J connectivity index is 1.91. The number of likely N-dealkylation sites (tertiary alicyclic amines) is 1. The van der Waals surface area contributed by atoms with Crippen LogP contribution in [0, 0.1) is 0 Å². The molecule has 0 saturated carbocycles. The van der Waals surface area contributed by atoms with Crippen LogP contribution >= 0.6 is 0 Å². The van der Waals surface area contributed by atoms with Crippen molar-refractivity contribution < 1.29 is 9.53 Å². The Labute approximate surface area is 168 Å². The molecule has 28 heavy (non-hydrogen) atoms. The zero-order valence-electron chi connectivity index (χ0n) is 17.7. The van der Waals surface area contributed by atoms with Crippen molar-refractivity contribution in [2.75, 3.05) is 38.6 Å². The predicted octanol–water partition coefficient (Wildman–Crippen LogP) is 3.18. The Morgan fingerprint density at radius 3 is 2.43 bits per heavy atom. The van der Waals surface area contributed by atoms with Crippen LogP contribution in [-0.4, -0.2) is 55.8 Å². The lowest BCUT2D eigenvalue weighted by Crippen LogP contribution is -2.54. The number of piperidine rings is 1. The summed E-state index contributed by atoms with van der Waals surface area (Å²) in [5.41, 5.74) is 1.87. The number of amides is 1. The van der Waals surface area contributed by atoms with Crippen LogP contribution in [0.5, 0.6) is 0 Å². The minimum absolute atomic E-state index is 0.0951. The lowest BCUT2D eigenvalue weighted by Gasteiger charge is -2.41. The molecule has 156 valence electrons. The SMILES string of the molecule is CCNC(=NCc1ccc(NC(=O)OC)cc1)NCC(C)(C)N1CCCCC1. The van der Waals surface area contributed by atoms with Gasteiger partial charge in [0, 0.05) is 24.3 Å². The number of aliphatic imine (C=N–C) groups is 1. The van der Waals surface area contributed by atoms with Crippen LogP contribution in [0.25, 0.3) is 0 Å². The van der Waals surface area contributed by atoms with Crippen LogP contribution in [0.4, 0.5) is 10.5 Å². The van der Waals surface area contributed by atoms with Crippen molar-refractivity contribution in [2.45, 2.75) is 52.1 Å². The molecule has 1 aliphatic heterocycles. The lowest BCUT2D eigenvalue weighted by atomic mass is 9.98. The number of ether oxygens (including phenoxy) is 1. The summed E-state index contributed by atoms with van der Waals surface area (Å²) in [6, 6.07) is 7.61. The average molecular weight is 390 g/mol. The highest BCUT2D eigenvalue weighted by Crippen LogP contribution is 2.19. The standard InChI is InChI=1S/C21H35N5O2/c1-5-22-19(24-16-21(2,3)26-13-7-6-8-14-26)23-15-17-9-11-18(12-10-17)25-20(27)28-4/h9-12H,5-8,13-16H2,1-4H3,(H,25,27)(H2,22,23,24). The minimum atomic E-state index is -0.472. The summed E-state index contributed by atoms with van der Waals surface area (Å²) in [6.07, 6.45) is 3.45. The van der Waals surface area contributed by atoms with Crippen LogP contribution in [0.3, 0.4) is 0 Å². The average Bonchev–Trinajstić information content (AvgIpc) is 2.71. The van der Waals surface area contributed by atoms with Gasteiger partial charge in [0.05, 0.1) is 13.7 Å². The Kier molecular flexibility index (Phi) is 8.57. The van der Waals surface area contributed by atoms with Gasteiger partial charge in [-0.2, -0.15) is 0 Å². The molecular formula is C21H35N5O2. The predicted molar refractivity (Wildman–Crippen MR) is 115 cm³/mol. The number of rotatable bonds is 7. The highest BCUT2D eigenvalue weighted by molar-refractivity contribution is 5.84. The summed E-state index contributed by atoms with van der Waals surface area (Å²) < 4.78 is 4.60. The van der Waals surface area contributed by atoms with Gasteiger partial charge in [-0.3, -0.25) is 10.2 Å². The summed E-state index contributed by atoms with van der Waals surface area (Å²) in [5, 5.41) is 9.46. The van der Waals surface area contributed by atoms with E-state index in [1.54, 1.807) is 0 Å². The number of hydrogen-bond donors (Lipinski definition) is 3. The summed E-state index contributed by atoms with van der Waals surface area (Å²) in [4.78, 5) is 18.5. The second kappa shape index (κ2) is 10.9. The van der Waals surface area contributed by atoms with Crippen molar-refractivity contribution >= 4 is 17.7 Å². The van der Waals surface area contributed by atoms with Gasteiger partial charge >= 0.3 is 6.09 Å². The normalized spacial score (nSPS) is 15.8. The van der Waals surface area contributed by atoms with E-state index < -0.39 is 6.09 Å². The highest BCUT2D eigenvalue weighted by atomic mass is 16.5. The second-order valence-electron chi connectivity index (χ2n) is 7.72. The molecule has 1 fully saturated rings. The van der Waals surface area contributed by atoms with Gasteiger partial charge in [-0.15, -0.1) is 0 Å². The number of nitrogens with zero attached hydrogens (tertiary/aromatic N) is 2. The summed E-state index contributed by atoms with van der Waals surface area (Å²) in [7, 11) is 1.35. The van der Waals surface area contributed by atoms with E-state index in [4.69, 9.17) is 4.99 Å². The number of carbonyl (C=O) groups is 1.